The quantitative estimate of drug-likeness (QED) is 0.604. The van der Waals surface area contributed by atoms with Gasteiger partial charge in [-0.1, -0.05) is 18.2 Å². The number of halogens is 3. The molecule has 2 fully saturated rings. The van der Waals surface area contributed by atoms with Crippen molar-refractivity contribution >= 4 is 11.7 Å². The molecule has 0 bridgehead atoms. The van der Waals surface area contributed by atoms with Crippen molar-refractivity contribution in [2.45, 2.75) is 50.8 Å². The van der Waals surface area contributed by atoms with Crippen LogP contribution in [0.2, 0.25) is 0 Å². The molecule has 1 aromatic rings. The predicted octanol–water partition coefficient (Wildman–Crippen LogP) is 2.77. The smallest absolute Gasteiger partial charge is 0.266 e. The van der Waals surface area contributed by atoms with Gasteiger partial charge in [-0.2, -0.15) is 5.01 Å². The summed E-state index contributed by atoms with van der Waals surface area (Å²) in [6, 6.07) is 3.46. The highest BCUT2D eigenvalue weighted by molar-refractivity contribution is 6.06. The number of nitrogens with one attached hydrogen (secondary N) is 1. The molecule has 11 heteroatoms. The van der Waals surface area contributed by atoms with Crippen molar-refractivity contribution in [1.29, 1.82) is 0 Å². The molecule has 0 saturated carbocycles. The van der Waals surface area contributed by atoms with Crippen LogP contribution >= 0.6 is 0 Å². The molecular weight excluding hydrogens is 485 g/mol. The third-order valence-corrected chi connectivity index (χ3v) is 7.68. The lowest BCUT2D eigenvalue weighted by molar-refractivity contribution is -0.117. The van der Waals surface area contributed by atoms with E-state index in [2.05, 4.69) is 20.1 Å². The molecule has 0 radical (unpaired) electrons. The third kappa shape index (κ3) is 5.12. The number of amides is 1. The Kier molecular flexibility index (Phi) is 7.28. The number of piperidine rings is 1. The van der Waals surface area contributed by atoms with Gasteiger partial charge in [0.1, 0.15) is 12.5 Å². The summed E-state index contributed by atoms with van der Waals surface area (Å²) >= 11 is 0. The Morgan fingerprint density at radius 2 is 1.89 bits per heavy atom. The number of rotatable bonds is 6. The van der Waals surface area contributed by atoms with Crippen LogP contribution in [0.3, 0.4) is 0 Å². The minimum absolute atomic E-state index is 0.0152. The van der Waals surface area contributed by atoms with E-state index in [1.165, 1.54) is 12.1 Å². The maximum absolute atomic E-state index is 14.7. The molecule has 1 aromatic carbocycles. The van der Waals surface area contributed by atoms with Gasteiger partial charge in [0.15, 0.2) is 5.84 Å². The maximum atomic E-state index is 14.7. The minimum atomic E-state index is -2.93. The summed E-state index contributed by atoms with van der Waals surface area (Å²) in [7, 11) is 1.88. The number of fused-ring (bicyclic) bond motifs is 1. The van der Waals surface area contributed by atoms with Gasteiger partial charge < -0.3 is 15.3 Å². The molecule has 0 aromatic heterocycles. The molecule has 4 heterocycles. The van der Waals surface area contributed by atoms with Gasteiger partial charge >= 0.3 is 0 Å². The van der Waals surface area contributed by atoms with Gasteiger partial charge in [0.05, 0.1) is 29.0 Å². The molecule has 0 aliphatic carbocycles. The summed E-state index contributed by atoms with van der Waals surface area (Å²) in [5, 5.41) is 16.4. The van der Waals surface area contributed by atoms with Gasteiger partial charge in [0, 0.05) is 51.0 Å². The fourth-order valence-electron chi connectivity index (χ4n) is 5.57. The predicted molar refractivity (Wildman–Crippen MR) is 133 cm³/mol. The van der Waals surface area contributed by atoms with Crippen molar-refractivity contribution in [3.05, 3.63) is 58.7 Å². The number of hydrogen-bond acceptors (Lipinski definition) is 7. The van der Waals surface area contributed by atoms with Crippen LogP contribution in [0.15, 0.2) is 46.7 Å². The number of hydrazine groups is 1. The average Bonchev–Trinajstić information content (AvgIpc) is 3.49. The fraction of sp³-hybridized carbons (Fsp3) is 0.538. The summed E-state index contributed by atoms with van der Waals surface area (Å²) in [5.74, 6) is -0.647. The zero-order valence-corrected chi connectivity index (χ0v) is 21.1. The molecular formula is C26H33F3N6O2. The lowest BCUT2D eigenvalue weighted by Crippen LogP contribution is -2.48. The summed E-state index contributed by atoms with van der Waals surface area (Å²) < 4.78 is 41.0. The van der Waals surface area contributed by atoms with Crippen molar-refractivity contribution in [2.75, 3.05) is 39.9 Å². The molecule has 2 atom stereocenters. The largest absolute Gasteiger partial charge is 0.392 e. The first-order valence-corrected chi connectivity index (χ1v) is 12.8. The van der Waals surface area contributed by atoms with E-state index in [-0.39, 0.29) is 11.7 Å². The van der Waals surface area contributed by atoms with E-state index < -0.39 is 29.8 Å². The summed E-state index contributed by atoms with van der Waals surface area (Å²) in [6.45, 7) is 5.29. The molecule has 0 unspecified atom stereocenters. The Labute approximate surface area is 214 Å². The van der Waals surface area contributed by atoms with Crippen molar-refractivity contribution in [2.24, 2.45) is 4.99 Å². The number of carbonyl (C=O) groups is 1. The molecule has 37 heavy (non-hydrogen) atoms. The highest BCUT2D eigenvalue weighted by Crippen LogP contribution is 2.30. The number of alkyl halides is 2. The Morgan fingerprint density at radius 1 is 1.16 bits per heavy atom. The number of hydrogen-bond donors (Lipinski definition) is 2. The molecule has 2 N–H and O–H groups in total. The maximum Gasteiger partial charge on any atom is 0.266 e. The van der Waals surface area contributed by atoms with E-state index in [0.717, 1.165) is 63.0 Å². The summed E-state index contributed by atoms with van der Waals surface area (Å²) in [5.41, 5.74) is 0.575. The minimum Gasteiger partial charge on any atom is -0.392 e. The Hall–Kier alpha value is -2.89. The van der Waals surface area contributed by atoms with Crippen LogP contribution in [-0.4, -0.2) is 88.7 Å². The number of aliphatic hydroxyl groups excluding tert-OH is 1. The molecule has 1 amide bonds. The number of benzene rings is 1. The molecule has 2 saturated heterocycles. The molecule has 4 aliphatic rings. The van der Waals surface area contributed by atoms with Gasteiger partial charge in [0.25, 0.3) is 12.3 Å². The molecule has 0 spiro atoms. The first-order chi connectivity index (χ1) is 17.7. The number of β-amino-alcohol motifs (C(OH)–C–C–N with tert-alkyl or cyclic N) is 1. The second kappa shape index (κ2) is 10.5. The highest BCUT2D eigenvalue weighted by atomic mass is 19.3. The summed E-state index contributed by atoms with van der Waals surface area (Å²) in [4.78, 5) is 22.5. The van der Waals surface area contributed by atoms with Crippen LogP contribution in [0.5, 0.6) is 0 Å². The zero-order chi connectivity index (χ0) is 26.3. The number of nitrogens with zero attached hydrogens (tertiary/aromatic N) is 5. The van der Waals surface area contributed by atoms with Crippen LogP contribution in [0.1, 0.15) is 49.8 Å². The average molecular weight is 519 g/mol. The van der Waals surface area contributed by atoms with Crippen molar-refractivity contribution in [3.63, 3.8) is 0 Å². The summed E-state index contributed by atoms with van der Waals surface area (Å²) in [6.07, 6.45) is 3.06. The van der Waals surface area contributed by atoms with Gasteiger partial charge in [-0.05, 0) is 32.3 Å². The monoisotopic (exact) mass is 518 g/mol. The first-order valence-electron chi connectivity index (χ1n) is 12.8. The first kappa shape index (κ1) is 25.7. The number of aliphatic hydroxyl groups is 1. The number of aliphatic imine (C=N–C) groups is 1. The lowest BCUT2D eigenvalue weighted by Gasteiger charge is -2.40. The van der Waals surface area contributed by atoms with E-state index in [0.29, 0.717) is 18.3 Å². The second-order valence-electron chi connectivity index (χ2n) is 10.1. The molecule has 200 valence electrons. The molecule has 4 aliphatic heterocycles. The van der Waals surface area contributed by atoms with Crippen molar-refractivity contribution in [3.8, 4) is 0 Å². The SMILES string of the molecule is C[C@@H](NC(=O)C1=CN2C(=NCN2C)C(N2CCC(N3CC[C@@H](O)C3)CC2)=C1)c1cccc(C(F)F)c1F. The normalized spacial score (nSPS) is 24.2. The highest BCUT2D eigenvalue weighted by Gasteiger charge is 2.36. The van der Waals surface area contributed by atoms with Gasteiger partial charge in [0.2, 0.25) is 0 Å². The van der Waals surface area contributed by atoms with E-state index in [4.69, 9.17) is 0 Å². The topological polar surface area (TPSA) is 74.7 Å². The van der Waals surface area contributed by atoms with Crippen LogP contribution in [0.4, 0.5) is 13.2 Å². The van der Waals surface area contributed by atoms with E-state index in [9.17, 15) is 23.1 Å². The van der Waals surface area contributed by atoms with Crippen LogP contribution in [-0.2, 0) is 4.79 Å². The zero-order valence-electron chi connectivity index (χ0n) is 21.1. The van der Waals surface area contributed by atoms with Gasteiger partial charge in [-0.25, -0.2) is 18.2 Å². The van der Waals surface area contributed by atoms with Crippen LogP contribution in [0.25, 0.3) is 0 Å². The van der Waals surface area contributed by atoms with E-state index >= 15 is 0 Å². The molecule has 8 nitrogen and oxygen atoms in total. The van der Waals surface area contributed by atoms with Crippen LogP contribution < -0.4 is 5.32 Å². The Bertz CT molecular complexity index is 1130. The fourth-order valence-corrected chi connectivity index (χ4v) is 5.57. The van der Waals surface area contributed by atoms with E-state index in [1.807, 2.05) is 23.1 Å². The number of likely N-dealkylation sites (tertiary alicyclic amines) is 2. The standard InChI is InChI=1S/C26H33F3N6O2/c1-16(20-4-3-5-21(23(20)27)24(28)29)31-26(37)17-12-22(25-30-15-32(2)35(25)13-17)33-9-6-18(7-10-33)34-11-8-19(36)14-34/h3-5,12-13,16,18-19,24,36H,6-11,14-15H2,1-2H3,(H,31,37)/t16-,19-/m1/s1. The molecule has 5 rings (SSSR count). The Morgan fingerprint density at radius 3 is 2.57 bits per heavy atom. The van der Waals surface area contributed by atoms with Crippen molar-refractivity contribution < 1.29 is 23.1 Å². The van der Waals surface area contributed by atoms with E-state index in [1.54, 1.807) is 13.1 Å². The number of carbonyl (C=O) groups excluding carboxylic acids is 1. The van der Waals surface area contributed by atoms with Gasteiger partial charge in [-0.15, -0.1) is 0 Å². The van der Waals surface area contributed by atoms with Crippen LogP contribution in [0, 0.1) is 5.82 Å². The van der Waals surface area contributed by atoms with Gasteiger partial charge in [-0.3, -0.25) is 14.7 Å². The lowest BCUT2D eigenvalue weighted by atomic mass is 10.0. The second-order valence-corrected chi connectivity index (χ2v) is 10.1. The Balaban J connectivity index is 1.31. The third-order valence-electron chi connectivity index (χ3n) is 7.68. The van der Waals surface area contributed by atoms with Crippen molar-refractivity contribution in [1.82, 2.24) is 25.1 Å². The number of amidine groups is 1.